The third-order valence-electron chi connectivity index (χ3n) is 2.13. The maximum absolute atomic E-state index is 9.30. The summed E-state index contributed by atoms with van der Waals surface area (Å²) in [6, 6.07) is 11.0. The molecule has 0 spiro atoms. The molecule has 0 aliphatic rings. The predicted molar refractivity (Wildman–Crippen MR) is 67.4 cm³/mol. The lowest BCUT2D eigenvalue weighted by molar-refractivity contribution is 0.474. The Kier molecular flexibility index (Phi) is 3.41. The van der Waals surface area contributed by atoms with Crippen LogP contribution in [0, 0.1) is 0 Å². The van der Waals surface area contributed by atoms with Crippen molar-refractivity contribution in [2.75, 3.05) is 5.32 Å². The van der Waals surface area contributed by atoms with E-state index in [0.717, 1.165) is 15.9 Å². The summed E-state index contributed by atoms with van der Waals surface area (Å²) in [7, 11) is 0. The van der Waals surface area contributed by atoms with Crippen molar-refractivity contribution in [3.63, 3.8) is 0 Å². The minimum atomic E-state index is 0.285. The van der Waals surface area contributed by atoms with E-state index in [9.17, 15) is 5.11 Å². The molecule has 2 rings (SSSR count). The van der Waals surface area contributed by atoms with Crippen molar-refractivity contribution in [2.45, 2.75) is 6.54 Å². The number of hydrogen-bond acceptors (Lipinski definition) is 3. The van der Waals surface area contributed by atoms with E-state index in [1.54, 1.807) is 18.3 Å². The van der Waals surface area contributed by atoms with Gasteiger partial charge in [-0.15, -0.1) is 0 Å². The van der Waals surface area contributed by atoms with E-state index in [-0.39, 0.29) is 5.75 Å². The Bertz CT molecular complexity index is 471. The molecule has 0 saturated carbocycles. The largest absolute Gasteiger partial charge is 0.508 e. The summed E-state index contributed by atoms with van der Waals surface area (Å²) in [4.78, 5) is 4.11. The number of anilines is 1. The van der Waals surface area contributed by atoms with Gasteiger partial charge in [0, 0.05) is 6.54 Å². The SMILES string of the molecule is Oc1cccc(CNc2ccc(Br)nc2)c1. The van der Waals surface area contributed by atoms with E-state index in [1.807, 2.05) is 24.3 Å². The van der Waals surface area contributed by atoms with Gasteiger partial charge < -0.3 is 10.4 Å². The van der Waals surface area contributed by atoms with E-state index < -0.39 is 0 Å². The van der Waals surface area contributed by atoms with Gasteiger partial charge in [-0.05, 0) is 45.8 Å². The molecule has 0 amide bonds. The molecule has 0 aliphatic carbocycles. The van der Waals surface area contributed by atoms with Crippen LogP contribution in [-0.2, 0) is 6.54 Å². The molecule has 3 nitrogen and oxygen atoms in total. The van der Waals surface area contributed by atoms with E-state index in [2.05, 4.69) is 26.2 Å². The topological polar surface area (TPSA) is 45.1 Å². The van der Waals surface area contributed by atoms with Gasteiger partial charge in [0.15, 0.2) is 0 Å². The van der Waals surface area contributed by atoms with Gasteiger partial charge in [0.2, 0.25) is 0 Å². The van der Waals surface area contributed by atoms with Gasteiger partial charge in [-0.2, -0.15) is 0 Å². The average molecular weight is 279 g/mol. The number of nitrogens with one attached hydrogen (secondary N) is 1. The molecule has 2 N–H and O–H groups in total. The van der Waals surface area contributed by atoms with Crippen molar-refractivity contribution in [3.05, 3.63) is 52.8 Å². The molecule has 0 atom stereocenters. The lowest BCUT2D eigenvalue weighted by atomic mass is 10.2. The molecule has 2 aromatic rings. The second-order valence-electron chi connectivity index (χ2n) is 3.39. The first-order chi connectivity index (χ1) is 7.74. The molecule has 0 saturated heterocycles. The normalized spacial score (nSPS) is 10.1. The molecular formula is C12H11BrN2O. The molecule has 4 heteroatoms. The summed E-state index contributed by atoms with van der Waals surface area (Å²) >= 11 is 3.28. The molecular weight excluding hydrogens is 268 g/mol. The number of hydrogen-bond donors (Lipinski definition) is 2. The van der Waals surface area contributed by atoms with Gasteiger partial charge in [0.1, 0.15) is 10.4 Å². The summed E-state index contributed by atoms with van der Waals surface area (Å²) in [5, 5.41) is 12.5. The smallest absolute Gasteiger partial charge is 0.115 e. The van der Waals surface area contributed by atoms with E-state index in [0.29, 0.717) is 6.54 Å². The Balaban J connectivity index is 1.99. The number of pyridine rings is 1. The van der Waals surface area contributed by atoms with Crippen LogP contribution in [0.2, 0.25) is 0 Å². The third kappa shape index (κ3) is 2.97. The van der Waals surface area contributed by atoms with Crippen molar-refractivity contribution in [2.24, 2.45) is 0 Å². The molecule has 0 fully saturated rings. The number of phenolic OH excluding ortho intramolecular Hbond substituents is 1. The van der Waals surface area contributed by atoms with Crippen molar-refractivity contribution in [1.82, 2.24) is 4.98 Å². The van der Waals surface area contributed by atoms with Crippen LogP contribution in [0.3, 0.4) is 0 Å². The highest BCUT2D eigenvalue weighted by Gasteiger charge is 1.96. The second kappa shape index (κ2) is 4.99. The lowest BCUT2D eigenvalue weighted by Gasteiger charge is -2.06. The van der Waals surface area contributed by atoms with Gasteiger partial charge in [-0.25, -0.2) is 4.98 Å². The molecule has 0 aliphatic heterocycles. The van der Waals surface area contributed by atoms with Gasteiger partial charge >= 0.3 is 0 Å². The molecule has 16 heavy (non-hydrogen) atoms. The highest BCUT2D eigenvalue weighted by Crippen LogP contribution is 2.14. The summed E-state index contributed by atoms with van der Waals surface area (Å²) in [5.41, 5.74) is 1.98. The van der Waals surface area contributed by atoms with E-state index in [4.69, 9.17) is 0 Å². The van der Waals surface area contributed by atoms with Crippen molar-refractivity contribution >= 4 is 21.6 Å². The van der Waals surface area contributed by atoms with Crippen LogP contribution in [0.4, 0.5) is 5.69 Å². The third-order valence-corrected chi connectivity index (χ3v) is 2.60. The molecule has 0 bridgehead atoms. The highest BCUT2D eigenvalue weighted by molar-refractivity contribution is 9.10. The fraction of sp³-hybridized carbons (Fsp3) is 0.0833. The minimum absolute atomic E-state index is 0.285. The molecule has 82 valence electrons. The molecule has 0 radical (unpaired) electrons. The fourth-order valence-corrected chi connectivity index (χ4v) is 1.59. The number of rotatable bonds is 3. The average Bonchev–Trinajstić information content (AvgIpc) is 2.28. The molecule has 1 aromatic carbocycles. The van der Waals surface area contributed by atoms with Crippen LogP contribution in [0.1, 0.15) is 5.56 Å². The maximum Gasteiger partial charge on any atom is 0.115 e. The Morgan fingerprint density at radius 3 is 2.81 bits per heavy atom. The highest BCUT2D eigenvalue weighted by atomic mass is 79.9. The standard InChI is InChI=1S/C12H11BrN2O/c13-12-5-4-10(8-15-12)14-7-9-2-1-3-11(16)6-9/h1-6,8,14,16H,7H2. The summed E-state index contributed by atoms with van der Waals surface area (Å²) < 4.78 is 0.815. The quantitative estimate of drug-likeness (QED) is 0.848. The zero-order chi connectivity index (χ0) is 11.4. The van der Waals surface area contributed by atoms with Crippen LogP contribution >= 0.6 is 15.9 Å². The summed E-state index contributed by atoms with van der Waals surface area (Å²) in [5.74, 6) is 0.285. The van der Waals surface area contributed by atoms with Crippen LogP contribution < -0.4 is 5.32 Å². The second-order valence-corrected chi connectivity index (χ2v) is 4.21. The monoisotopic (exact) mass is 278 g/mol. The molecule has 0 unspecified atom stereocenters. The Labute approximate surface area is 102 Å². The van der Waals surface area contributed by atoms with Crippen molar-refractivity contribution in [3.8, 4) is 5.75 Å². The van der Waals surface area contributed by atoms with Crippen LogP contribution in [0.5, 0.6) is 5.75 Å². The number of phenols is 1. The number of aromatic hydroxyl groups is 1. The lowest BCUT2D eigenvalue weighted by Crippen LogP contribution is -1.99. The summed E-state index contributed by atoms with van der Waals surface area (Å²) in [6.45, 7) is 0.664. The van der Waals surface area contributed by atoms with Gasteiger partial charge in [-0.3, -0.25) is 0 Å². The number of benzene rings is 1. The van der Waals surface area contributed by atoms with Crippen LogP contribution in [0.25, 0.3) is 0 Å². The first kappa shape index (κ1) is 11.0. The van der Waals surface area contributed by atoms with E-state index >= 15 is 0 Å². The van der Waals surface area contributed by atoms with Gasteiger partial charge in [0.05, 0.1) is 11.9 Å². The first-order valence-corrected chi connectivity index (χ1v) is 5.67. The van der Waals surface area contributed by atoms with Crippen molar-refractivity contribution in [1.29, 1.82) is 0 Å². The van der Waals surface area contributed by atoms with Crippen molar-refractivity contribution < 1.29 is 5.11 Å². The number of nitrogens with zero attached hydrogens (tertiary/aromatic N) is 1. The molecule has 1 aromatic heterocycles. The minimum Gasteiger partial charge on any atom is -0.508 e. The fourth-order valence-electron chi connectivity index (χ4n) is 1.35. The van der Waals surface area contributed by atoms with Gasteiger partial charge in [0.25, 0.3) is 0 Å². The van der Waals surface area contributed by atoms with Crippen LogP contribution in [-0.4, -0.2) is 10.1 Å². The van der Waals surface area contributed by atoms with Crippen LogP contribution in [0.15, 0.2) is 47.2 Å². The first-order valence-electron chi connectivity index (χ1n) is 4.87. The number of halogens is 1. The Morgan fingerprint density at radius 2 is 2.12 bits per heavy atom. The maximum atomic E-state index is 9.30. The summed E-state index contributed by atoms with van der Waals surface area (Å²) in [6.07, 6.45) is 1.76. The van der Waals surface area contributed by atoms with E-state index in [1.165, 1.54) is 0 Å². The zero-order valence-corrected chi connectivity index (χ0v) is 10.1. The predicted octanol–water partition coefficient (Wildman–Crippen LogP) is 3.16. The zero-order valence-electron chi connectivity index (χ0n) is 8.52. The molecule has 1 heterocycles. The van der Waals surface area contributed by atoms with Gasteiger partial charge in [-0.1, -0.05) is 12.1 Å². The number of aromatic nitrogens is 1. The Morgan fingerprint density at radius 1 is 1.25 bits per heavy atom. The Hall–Kier alpha value is -1.55.